The summed E-state index contributed by atoms with van der Waals surface area (Å²) in [5.74, 6) is -1.72. The summed E-state index contributed by atoms with van der Waals surface area (Å²) < 4.78 is 6.61. The van der Waals surface area contributed by atoms with Gasteiger partial charge in [0.05, 0.1) is 17.1 Å². The number of urea groups is 1. The van der Waals surface area contributed by atoms with Gasteiger partial charge in [0.15, 0.2) is 6.61 Å². The van der Waals surface area contributed by atoms with Gasteiger partial charge in [-0.05, 0) is 32.6 Å². The van der Waals surface area contributed by atoms with Crippen LogP contribution in [0.3, 0.4) is 0 Å². The first-order valence-corrected chi connectivity index (χ1v) is 9.75. The maximum Gasteiger partial charge on any atom is 0.326 e. The highest BCUT2D eigenvalue weighted by atomic mass is 16.5. The molecule has 158 valence electrons. The number of esters is 1. The minimum atomic E-state index is -0.928. The molecule has 2 N–H and O–H groups in total. The summed E-state index contributed by atoms with van der Waals surface area (Å²) in [6.45, 7) is 4.47. The topological polar surface area (TPSA) is 123 Å². The number of aryl methyl sites for hydroxylation is 2. The molecule has 1 saturated heterocycles. The van der Waals surface area contributed by atoms with E-state index in [1.807, 2.05) is 6.92 Å². The number of nitrogens with zero attached hydrogens (tertiary/aromatic N) is 3. The first kappa shape index (κ1) is 20.8. The molecule has 2 fully saturated rings. The average Bonchev–Trinajstić information content (AvgIpc) is 3.04. The molecule has 2 atom stereocenters. The van der Waals surface area contributed by atoms with Gasteiger partial charge in [0.2, 0.25) is 0 Å². The second-order valence-corrected chi connectivity index (χ2v) is 7.82. The third-order valence-electron chi connectivity index (χ3n) is 5.93. The van der Waals surface area contributed by atoms with Crippen molar-refractivity contribution in [3.63, 3.8) is 0 Å². The van der Waals surface area contributed by atoms with Crippen molar-refractivity contribution in [3.8, 4) is 0 Å². The highest BCUT2D eigenvalue weighted by molar-refractivity contribution is 6.09. The van der Waals surface area contributed by atoms with Crippen LogP contribution in [0.2, 0.25) is 0 Å². The molecule has 1 aliphatic heterocycles. The number of carbonyl (C=O) groups excluding carboxylic acids is 4. The number of amides is 4. The minimum absolute atomic E-state index is 0.00505. The number of ether oxygens (including phenoxy) is 1. The summed E-state index contributed by atoms with van der Waals surface area (Å²) in [6.07, 6.45) is 3.27. The van der Waals surface area contributed by atoms with E-state index in [1.165, 1.54) is 0 Å². The standard InChI is InChI=1S/C19H27N5O5/c1-11-7-5-6-8-19(11)17(27)24(18(28)21-19)9-15(26)29-10-14(25)20-16-12(2)22-23(4)13(16)3/h11H,5-10H2,1-4H3,(H,20,25)(H,21,28)/t11-,19-/m0/s1. The van der Waals surface area contributed by atoms with E-state index in [9.17, 15) is 19.2 Å². The summed E-state index contributed by atoms with van der Waals surface area (Å²) in [5, 5.41) is 9.63. The van der Waals surface area contributed by atoms with E-state index in [2.05, 4.69) is 15.7 Å². The highest BCUT2D eigenvalue weighted by Gasteiger charge is 2.55. The molecule has 1 aromatic heterocycles. The Hall–Kier alpha value is -2.91. The molecule has 4 amide bonds. The number of carbonyl (C=O) groups is 4. The molecule has 2 heterocycles. The Kier molecular flexibility index (Phi) is 5.63. The third-order valence-corrected chi connectivity index (χ3v) is 5.93. The molecule has 29 heavy (non-hydrogen) atoms. The number of hydrogen-bond donors (Lipinski definition) is 2. The maximum atomic E-state index is 12.8. The fourth-order valence-electron chi connectivity index (χ4n) is 4.09. The Morgan fingerprint density at radius 1 is 1.31 bits per heavy atom. The molecule has 0 unspecified atom stereocenters. The molecule has 1 saturated carbocycles. The second-order valence-electron chi connectivity index (χ2n) is 7.82. The van der Waals surface area contributed by atoms with E-state index in [-0.39, 0.29) is 5.92 Å². The van der Waals surface area contributed by atoms with E-state index in [4.69, 9.17) is 4.74 Å². The second kappa shape index (κ2) is 7.84. The van der Waals surface area contributed by atoms with E-state index in [0.29, 0.717) is 17.8 Å². The lowest BCUT2D eigenvalue weighted by atomic mass is 9.73. The number of rotatable bonds is 5. The molecule has 0 radical (unpaired) electrons. The first-order chi connectivity index (χ1) is 13.7. The molecule has 10 nitrogen and oxygen atoms in total. The fourth-order valence-corrected chi connectivity index (χ4v) is 4.09. The monoisotopic (exact) mass is 405 g/mol. The van der Waals surface area contributed by atoms with Gasteiger partial charge in [-0.2, -0.15) is 5.10 Å². The van der Waals surface area contributed by atoms with Gasteiger partial charge >= 0.3 is 12.0 Å². The van der Waals surface area contributed by atoms with Gasteiger partial charge in [-0.15, -0.1) is 0 Å². The van der Waals surface area contributed by atoms with Crippen LogP contribution in [0, 0.1) is 19.8 Å². The zero-order valence-corrected chi connectivity index (χ0v) is 17.2. The van der Waals surface area contributed by atoms with Crippen LogP contribution in [0.5, 0.6) is 0 Å². The highest BCUT2D eigenvalue weighted by Crippen LogP contribution is 2.38. The van der Waals surface area contributed by atoms with Gasteiger partial charge in [-0.3, -0.25) is 24.0 Å². The molecule has 0 bridgehead atoms. The van der Waals surface area contributed by atoms with Crippen LogP contribution in [-0.4, -0.2) is 57.2 Å². The van der Waals surface area contributed by atoms with Crippen LogP contribution in [0.15, 0.2) is 0 Å². The number of aromatic nitrogens is 2. The molecule has 3 rings (SSSR count). The molecule has 1 spiro atoms. The smallest absolute Gasteiger partial charge is 0.326 e. The van der Waals surface area contributed by atoms with Crippen molar-refractivity contribution < 1.29 is 23.9 Å². The van der Waals surface area contributed by atoms with E-state index in [0.717, 1.165) is 29.9 Å². The lowest BCUT2D eigenvalue weighted by molar-refractivity contribution is -0.150. The fraction of sp³-hybridized carbons (Fsp3) is 0.632. The molecule has 0 aromatic carbocycles. The molecular formula is C19H27N5O5. The summed E-state index contributed by atoms with van der Waals surface area (Å²) >= 11 is 0. The van der Waals surface area contributed by atoms with Gasteiger partial charge in [0.1, 0.15) is 12.1 Å². The van der Waals surface area contributed by atoms with E-state index >= 15 is 0 Å². The van der Waals surface area contributed by atoms with Crippen LogP contribution < -0.4 is 10.6 Å². The lowest BCUT2D eigenvalue weighted by Crippen LogP contribution is -2.54. The Morgan fingerprint density at radius 3 is 2.66 bits per heavy atom. The quantitative estimate of drug-likeness (QED) is 0.557. The number of anilines is 1. The zero-order chi connectivity index (χ0) is 21.3. The molecule has 2 aliphatic rings. The van der Waals surface area contributed by atoms with Crippen molar-refractivity contribution in [1.29, 1.82) is 0 Å². The van der Waals surface area contributed by atoms with Gasteiger partial charge in [0.25, 0.3) is 11.8 Å². The van der Waals surface area contributed by atoms with E-state index < -0.39 is 42.5 Å². The number of imide groups is 1. The number of nitrogens with one attached hydrogen (secondary N) is 2. The Labute approximate surface area is 168 Å². The van der Waals surface area contributed by atoms with Gasteiger partial charge in [-0.25, -0.2) is 4.79 Å². The normalized spacial score (nSPS) is 24.0. The SMILES string of the molecule is Cc1nn(C)c(C)c1NC(=O)COC(=O)CN1C(=O)N[C@]2(CCCC[C@@H]2C)C1=O. The van der Waals surface area contributed by atoms with Crippen molar-refractivity contribution in [2.45, 2.75) is 52.0 Å². The summed E-state index contributed by atoms with van der Waals surface area (Å²) in [4.78, 5) is 50.3. The molecular weight excluding hydrogens is 378 g/mol. The minimum Gasteiger partial charge on any atom is -0.454 e. The molecule has 1 aliphatic carbocycles. The van der Waals surface area contributed by atoms with Crippen molar-refractivity contribution >= 4 is 29.5 Å². The van der Waals surface area contributed by atoms with Crippen molar-refractivity contribution in [3.05, 3.63) is 11.4 Å². The summed E-state index contributed by atoms with van der Waals surface area (Å²) in [6, 6.07) is -0.591. The lowest BCUT2D eigenvalue weighted by Gasteiger charge is -2.36. The number of hydrogen-bond acceptors (Lipinski definition) is 6. The van der Waals surface area contributed by atoms with Crippen LogP contribution in [-0.2, 0) is 26.2 Å². The Morgan fingerprint density at radius 2 is 2.03 bits per heavy atom. The molecule has 10 heteroatoms. The summed E-state index contributed by atoms with van der Waals surface area (Å²) in [7, 11) is 1.76. The Bertz CT molecular complexity index is 863. The van der Waals surface area contributed by atoms with Crippen LogP contribution in [0.1, 0.15) is 44.0 Å². The first-order valence-electron chi connectivity index (χ1n) is 9.75. The van der Waals surface area contributed by atoms with Crippen molar-refractivity contribution in [2.75, 3.05) is 18.5 Å². The maximum absolute atomic E-state index is 12.8. The zero-order valence-electron chi connectivity index (χ0n) is 17.2. The van der Waals surface area contributed by atoms with Gasteiger partial charge in [-0.1, -0.05) is 19.8 Å². The van der Waals surface area contributed by atoms with Crippen molar-refractivity contribution in [1.82, 2.24) is 20.0 Å². The molecule has 1 aromatic rings. The predicted molar refractivity (Wildman–Crippen MR) is 103 cm³/mol. The van der Waals surface area contributed by atoms with Crippen molar-refractivity contribution in [2.24, 2.45) is 13.0 Å². The van der Waals surface area contributed by atoms with Gasteiger partial charge in [0, 0.05) is 7.05 Å². The predicted octanol–water partition coefficient (Wildman–Crippen LogP) is 1.02. The third kappa shape index (κ3) is 3.83. The average molecular weight is 405 g/mol. The Balaban J connectivity index is 1.55. The van der Waals surface area contributed by atoms with Crippen LogP contribution in [0.4, 0.5) is 10.5 Å². The van der Waals surface area contributed by atoms with Crippen LogP contribution in [0.25, 0.3) is 0 Å². The summed E-state index contributed by atoms with van der Waals surface area (Å²) in [5.41, 5.74) is 1.06. The largest absolute Gasteiger partial charge is 0.454 e. The van der Waals surface area contributed by atoms with E-state index in [1.54, 1.807) is 25.6 Å². The van der Waals surface area contributed by atoms with Crippen LogP contribution >= 0.6 is 0 Å². The van der Waals surface area contributed by atoms with Gasteiger partial charge < -0.3 is 15.4 Å².